The van der Waals surface area contributed by atoms with Gasteiger partial charge in [0.2, 0.25) is 0 Å². The van der Waals surface area contributed by atoms with E-state index in [-0.39, 0.29) is 5.75 Å². The predicted molar refractivity (Wildman–Crippen MR) is 41.3 cm³/mol. The summed E-state index contributed by atoms with van der Waals surface area (Å²) in [6.45, 7) is 0. The fraction of sp³-hybridized carbons (Fsp3) is 0. The number of phenolic OH excluding ortho intramolecular Hbond substituents is 1. The maximum absolute atomic E-state index is 8.86. The first-order valence-electron chi connectivity index (χ1n) is 2.74. The number of nitrogens with one attached hydrogen (secondary N) is 1. The monoisotopic (exact) mass is 156 g/mol. The molecule has 0 aliphatic rings. The van der Waals surface area contributed by atoms with Gasteiger partial charge in [0.15, 0.2) is 0 Å². The highest BCUT2D eigenvalue weighted by atomic mass is 32.2. The molecule has 0 radical (unpaired) electrons. The van der Waals surface area contributed by atoms with Crippen LogP contribution in [-0.2, 0) is 0 Å². The molecule has 0 saturated carbocycles. The number of hydrogen-bond acceptors (Lipinski definition) is 4. The Labute approximate surface area is 63.3 Å². The molecule has 0 fully saturated rings. The molecule has 3 nitrogen and oxygen atoms in total. The molecule has 0 heterocycles. The Bertz CT molecular complexity index is 199. The van der Waals surface area contributed by atoms with E-state index in [4.69, 9.17) is 10.9 Å². The summed E-state index contributed by atoms with van der Waals surface area (Å²) >= 11 is 1.30. The van der Waals surface area contributed by atoms with Gasteiger partial charge < -0.3 is 5.11 Å². The Balaban J connectivity index is 2.69. The topological polar surface area (TPSA) is 58.3 Å². The molecule has 1 aromatic rings. The normalized spacial score (nSPS) is 9.70. The van der Waals surface area contributed by atoms with Crippen LogP contribution in [0.25, 0.3) is 0 Å². The Morgan fingerprint density at radius 1 is 1.30 bits per heavy atom. The lowest BCUT2D eigenvalue weighted by atomic mass is 10.3. The second kappa shape index (κ2) is 3.46. The number of hydrazine groups is 1. The zero-order valence-electron chi connectivity index (χ0n) is 5.24. The molecule has 0 spiro atoms. The molecule has 10 heavy (non-hydrogen) atoms. The summed E-state index contributed by atoms with van der Waals surface area (Å²) < 4.78 is 0. The summed E-state index contributed by atoms with van der Waals surface area (Å²) in [5.74, 6) is 5.31. The van der Waals surface area contributed by atoms with E-state index >= 15 is 0 Å². The fourth-order valence-electron chi connectivity index (χ4n) is 0.582. The minimum Gasteiger partial charge on any atom is -0.508 e. The van der Waals surface area contributed by atoms with Crippen LogP contribution in [0.4, 0.5) is 0 Å². The van der Waals surface area contributed by atoms with Crippen LogP contribution in [-0.4, -0.2) is 5.11 Å². The van der Waals surface area contributed by atoms with Gasteiger partial charge in [-0.1, -0.05) is 0 Å². The standard InChI is InChI=1S/C6H8N2OS/c7-8-10-6-3-1-5(9)2-4-6/h1-4,8-9H,7H2. The van der Waals surface area contributed by atoms with Gasteiger partial charge in [0.05, 0.1) is 0 Å². The summed E-state index contributed by atoms with van der Waals surface area (Å²) in [7, 11) is 0. The average Bonchev–Trinajstić information content (AvgIpc) is 1.95. The molecule has 0 aliphatic carbocycles. The van der Waals surface area contributed by atoms with Crippen molar-refractivity contribution in [1.29, 1.82) is 0 Å². The molecule has 1 rings (SSSR count). The van der Waals surface area contributed by atoms with Crippen molar-refractivity contribution in [3.8, 4) is 5.75 Å². The molecule has 54 valence electrons. The number of aromatic hydroxyl groups is 1. The Kier molecular flexibility index (Phi) is 2.56. The maximum atomic E-state index is 8.86. The van der Waals surface area contributed by atoms with E-state index in [0.29, 0.717) is 0 Å². The van der Waals surface area contributed by atoms with Gasteiger partial charge in [-0.05, 0) is 36.2 Å². The maximum Gasteiger partial charge on any atom is 0.115 e. The molecule has 0 unspecified atom stereocenters. The van der Waals surface area contributed by atoms with Crippen molar-refractivity contribution in [2.45, 2.75) is 4.90 Å². The summed E-state index contributed by atoms with van der Waals surface area (Å²) in [5, 5.41) is 8.86. The average molecular weight is 156 g/mol. The van der Waals surface area contributed by atoms with Crippen molar-refractivity contribution >= 4 is 11.9 Å². The lowest BCUT2D eigenvalue weighted by Gasteiger charge is -1.96. The van der Waals surface area contributed by atoms with Gasteiger partial charge in [0.1, 0.15) is 5.75 Å². The van der Waals surface area contributed by atoms with Crippen LogP contribution in [0.5, 0.6) is 5.75 Å². The van der Waals surface area contributed by atoms with E-state index in [9.17, 15) is 0 Å². The largest absolute Gasteiger partial charge is 0.508 e. The van der Waals surface area contributed by atoms with Crippen molar-refractivity contribution in [2.75, 3.05) is 0 Å². The van der Waals surface area contributed by atoms with Gasteiger partial charge in [0, 0.05) is 4.90 Å². The highest BCUT2D eigenvalue weighted by molar-refractivity contribution is 7.97. The lowest BCUT2D eigenvalue weighted by molar-refractivity contribution is 0.475. The molecule has 1 aromatic carbocycles. The van der Waals surface area contributed by atoms with E-state index in [1.54, 1.807) is 24.3 Å². The minimum absolute atomic E-state index is 0.265. The van der Waals surface area contributed by atoms with Gasteiger partial charge in [-0.2, -0.15) is 4.83 Å². The number of phenols is 1. The van der Waals surface area contributed by atoms with E-state index in [1.165, 1.54) is 11.9 Å². The van der Waals surface area contributed by atoms with Gasteiger partial charge in [0.25, 0.3) is 0 Å². The predicted octanol–water partition coefficient (Wildman–Crippen LogP) is 0.863. The lowest BCUT2D eigenvalue weighted by Crippen LogP contribution is -2.10. The SMILES string of the molecule is NNSc1ccc(O)cc1. The molecule has 0 atom stereocenters. The van der Waals surface area contributed by atoms with Crippen molar-refractivity contribution in [3.63, 3.8) is 0 Å². The third kappa shape index (κ3) is 1.91. The van der Waals surface area contributed by atoms with E-state index in [1.807, 2.05) is 0 Å². The minimum atomic E-state index is 0.265. The Morgan fingerprint density at radius 2 is 1.90 bits per heavy atom. The van der Waals surface area contributed by atoms with Crippen LogP contribution in [0.3, 0.4) is 0 Å². The van der Waals surface area contributed by atoms with Crippen LogP contribution in [0, 0.1) is 0 Å². The number of nitrogens with two attached hydrogens (primary N) is 1. The molecule has 0 aliphatic heterocycles. The second-order valence-electron chi connectivity index (χ2n) is 1.71. The van der Waals surface area contributed by atoms with Gasteiger partial charge >= 0.3 is 0 Å². The molecule has 4 N–H and O–H groups in total. The van der Waals surface area contributed by atoms with Crippen LogP contribution < -0.4 is 10.7 Å². The second-order valence-corrected chi connectivity index (χ2v) is 2.63. The van der Waals surface area contributed by atoms with Crippen LogP contribution in [0.1, 0.15) is 0 Å². The smallest absolute Gasteiger partial charge is 0.115 e. The number of rotatable bonds is 2. The van der Waals surface area contributed by atoms with Crippen molar-refractivity contribution < 1.29 is 5.11 Å². The molecular weight excluding hydrogens is 148 g/mol. The van der Waals surface area contributed by atoms with Crippen LogP contribution in [0.2, 0.25) is 0 Å². The molecular formula is C6H8N2OS. The highest BCUT2D eigenvalue weighted by Crippen LogP contribution is 2.16. The molecule has 4 heteroatoms. The van der Waals surface area contributed by atoms with Crippen molar-refractivity contribution in [3.05, 3.63) is 24.3 Å². The summed E-state index contributed by atoms with van der Waals surface area (Å²) in [6.07, 6.45) is 0. The number of hydrogen-bond donors (Lipinski definition) is 3. The Morgan fingerprint density at radius 3 is 2.40 bits per heavy atom. The van der Waals surface area contributed by atoms with Crippen LogP contribution in [0.15, 0.2) is 29.2 Å². The molecule has 0 saturated heterocycles. The third-order valence-electron chi connectivity index (χ3n) is 1.01. The first-order chi connectivity index (χ1) is 4.83. The summed E-state index contributed by atoms with van der Waals surface area (Å²) in [4.78, 5) is 3.41. The van der Waals surface area contributed by atoms with Gasteiger partial charge in [-0.15, -0.1) is 0 Å². The van der Waals surface area contributed by atoms with Crippen molar-refractivity contribution in [2.24, 2.45) is 5.84 Å². The van der Waals surface area contributed by atoms with E-state index < -0.39 is 0 Å². The van der Waals surface area contributed by atoms with Gasteiger partial charge in [-0.3, -0.25) is 5.84 Å². The highest BCUT2D eigenvalue weighted by Gasteiger charge is 1.90. The first-order valence-corrected chi connectivity index (χ1v) is 3.56. The quantitative estimate of drug-likeness (QED) is 0.338. The number of benzene rings is 1. The fourth-order valence-corrected chi connectivity index (χ4v) is 0.990. The van der Waals surface area contributed by atoms with E-state index in [2.05, 4.69) is 4.83 Å². The third-order valence-corrected chi connectivity index (χ3v) is 1.64. The summed E-state index contributed by atoms with van der Waals surface area (Å²) in [6, 6.07) is 6.78. The van der Waals surface area contributed by atoms with Crippen molar-refractivity contribution in [1.82, 2.24) is 4.83 Å². The zero-order valence-corrected chi connectivity index (χ0v) is 6.06. The molecule has 0 aromatic heterocycles. The molecule has 0 bridgehead atoms. The zero-order chi connectivity index (χ0) is 7.40. The first kappa shape index (κ1) is 7.40. The summed E-state index contributed by atoms with van der Waals surface area (Å²) in [5.41, 5.74) is 0. The molecule has 0 amide bonds. The van der Waals surface area contributed by atoms with E-state index in [0.717, 1.165) is 4.90 Å². The van der Waals surface area contributed by atoms with Gasteiger partial charge in [-0.25, -0.2) is 0 Å². The Hall–Kier alpha value is -0.710. The van der Waals surface area contributed by atoms with Crippen LogP contribution >= 0.6 is 11.9 Å².